The van der Waals surface area contributed by atoms with E-state index in [1.165, 1.54) is 0 Å². The van der Waals surface area contributed by atoms with Crippen LogP contribution in [-0.2, 0) is 9.53 Å². The van der Waals surface area contributed by atoms with Crippen LogP contribution in [0.25, 0.3) is 6.08 Å². The molecule has 1 aliphatic heterocycles. The van der Waals surface area contributed by atoms with Gasteiger partial charge in [-0.25, -0.2) is 4.79 Å². The summed E-state index contributed by atoms with van der Waals surface area (Å²) >= 11 is 0. The quantitative estimate of drug-likeness (QED) is 0.799. The molecule has 0 aromatic heterocycles. The van der Waals surface area contributed by atoms with E-state index in [1.807, 2.05) is 6.07 Å². The topological polar surface area (TPSA) is 55.4 Å². The van der Waals surface area contributed by atoms with Gasteiger partial charge in [0.15, 0.2) is 0 Å². The van der Waals surface area contributed by atoms with Crippen LogP contribution in [0.15, 0.2) is 30.8 Å². The smallest absolute Gasteiger partial charge is 0.328 e. The maximum atomic E-state index is 12.0. The third kappa shape index (κ3) is 2.36. The maximum Gasteiger partial charge on any atom is 0.328 e. The number of benzene rings is 1. The molecule has 0 aliphatic carbocycles. The molecule has 4 heteroatoms. The molecule has 1 aromatic carbocycles. The van der Waals surface area contributed by atoms with E-state index < -0.39 is 6.04 Å². The van der Waals surface area contributed by atoms with Crippen LogP contribution in [0.2, 0.25) is 0 Å². The third-order valence-corrected chi connectivity index (χ3v) is 2.67. The van der Waals surface area contributed by atoms with Crippen molar-refractivity contribution in [3.8, 4) is 0 Å². The van der Waals surface area contributed by atoms with Crippen molar-refractivity contribution in [3.05, 3.63) is 42.0 Å². The Bertz CT molecular complexity index is 467. The molecule has 1 saturated heterocycles. The molecule has 1 heterocycles. The second-order valence-corrected chi connectivity index (χ2v) is 3.77. The normalized spacial score (nSPS) is 18.6. The molecular formula is C13H13NO3. The first-order chi connectivity index (χ1) is 8.22. The summed E-state index contributed by atoms with van der Waals surface area (Å²) in [6.45, 7) is 4.02. The first-order valence-corrected chi connectivity index (χ1v) is 5.41. The minimum Gasteiger partial charge on any atom is -0.464 e. The molecular weight excluding hydrogens is 218 g/mol. The van der Waals surface area contributed by atoms with Crippen LogP contribution in [0, 0.1) is 0 Å². The lowest BCUT2D eigenvalue weighted by Crippen LogP contribution is -2.38. The third-order valence-electron chi connectivity index (χ3n) is 2.67. The summed E-state index contributed by atoms with van der Waals surface area (Å²) in [5.41, 5.74) is 1.26. The van der Waals surface area contributed by atoms with Crippen LogP contribution < -0.4 is 5.32 Å². The molecule has 1 unspecified atom stereocenters. The lowest BCUT2D eigenvalue weighted by atomic mass is 10.1. The van der Waals surface area contributed by atoms with Crippen molar-refractivity contribution in [1.82, 2.24) is 5.32 Å². The van der Waals surface area contributed by atoms with Gasteiger partial charge in [0.25, 0.3) is 5.91 Å². The minimum absolute atomic E-state index is 0.274. The molecule has 1 amide bonds. The Labute approximate surface area is 99.3 Å². The molecule has 1 aromatic rings. The number of hydrogen-bond acceptors (Lipinski definition) is 3. The Morgan fingerprint density at radius 3 is 2.88 bits per heavy atom. The molecule has 1 fully saturated rings. The number of rotatable bonds is 3. The molecule has 1 aliphatic rings. The summed E-state index contributed by atoms with van der Waals surface area (Å²) in [4.78, 5) is 23.2. The second-order valence-electron chi connectivity index (χ2n) is 3.77. The zero-order chi connectivity index (χ0) is 12.3. The monoisotopic (exact) mass is 231 g/mol. The van der Waals surface area contributed by atoms with E-state index in [0.717, 1.165) is 5.56 Å². The minimum atomic E-state index is -0.527. The van der Waals surface area contributed by atoms with Crippen molar-refractivity contribution >= 4 is 18.0 Å². The van der Waals surface area contributed by atoms with Gasteiger partial charge in [0.05, 0.1) is 6.61 Å². The average molecular weight is 231 g/mol. The Balaban J connectivity index is 2.14. The molecule has 0 bridgehead atoms. The van der Waals surface area contributed by atoms with Crippen LogP contribution in [0.3, 0.4) is 0 Å². The summed E-state index contributed by atoms with van der Waals surface area (Å²) in [7, 11) is 0. The van der Waals surface area contributed by atoms with E-state index in [4.69, 9.17) is 4.74 Å². The van der Waals surface area contributed by atoms with Gasteiger partial charge in [0.1, 0.15) is 6.04 Å². The van der Waals surface area contributed by atoms with Gasteiger partial charge in [-0.05, 0) is 11.6 Å². The standard InChI is InChI=1S/C13H13NO3/c1-2-9-5-3-4-6-10(9)12(15)14-11-7-8-17-13(11)16/h2-6,11H,1,7-8H2,(H,14,15). The molecule has 17 heavy (non-hydrogen) atoms. The van der Waals surface area contributed by atoms with Crippen molar-refractivity contribution in [1.29, 1.82) is 0 Å². The molecule has 1 atom stereocenters. The Kier molecular flexibility index (Phi) is 3.23. The highest BCUT2D eigenvalue weighted by Gasteiger charge is 2.28. The summed E-state index contributed by atoms with van der Waals surface area (Å²) in [6, 6.07) is 6.58. The fourth-order valence-corrected chi connectivity index (χ4v) is 1.74. The first-order valence-electron chi connectivity index (χ1n) is 5.41. The lowest BCUT2D eigenvalue weighted by Gasteiger charge is -2.10. The fraction of sp³-hybridized carbons (Fsp3) is 0.231. The number of nitrogens with one attached hydrogen (secondary N) is 1. The Morgan fingerprint density at radius 1 is 1.47 bits per heavy atom. The number of esters is 1. The van der Waals surface area contributed by atoms with Crippen LogP contribution in [0.5, 0.6) is 0 Å². The molecule has 1 N–H and O–H groups in total. The molecule has 88 valence electrons. The maximum absolute atomic E-state index is 12.0. The number of ether oxygens (including phenoxy) is 1. The van der Waals surface area contributed by atoms with E-state index in [0.29, 0.717) is 18.6 Å². The molecule has 0 radical (unpaired) electrons. The number of hydrogen-bond donors (Lipinski definition) is 1. The van der Waals surface area contributed by atoms with E-state index in [2.05, 4.69) is 11.9 Å². The van der Waals surface area contributed by atoms with Crippen molar-refractivity contribution in [2.45, 2.75) is 12.5 Å². The van der Waals surface area contributed by atoms with Gasteiger partial charge in [0.2, 0.25) is 0 Å². The highest BCUT2D eigenvalue weighted by Crippen LogP contribution is 2.12. The first kappa shape index (κ1) is 11.4. The van der Waals surface area contributed by atoms with Crippen molar-refractivity contribution in [3.63, 3.8) is 0 Å². The van der Waals surface area contributed by atoms with Gasteiger partial charge in [0, 0.05) is 12.0 Å². The molecule has 4 nitrogen and oxygen atoms in total. The van der Waals surface area contributed by atoms with E-state index in [9.17, 15) is 9.59 Å². The Hall–Kier alpha value is -2.10. The SMILES string of the molecule is C=Cc1ccccc1C(=O)NC1CCOC1=O. The predicted molar refractivity (Wildman–Crippen MR) is 63.4 cm³/mol. The second kappa shape index (κ2) is 4.82. The van der Waals surface area contributed by atoms with Gasteiger partial charge < -0.3 is 10.1 Å². The summed E-state index contributed by atoms with van der Waals surface area (Å²) in [5.74, 6) is -0.640. The average Bonchev–Trinajstić information content (AvgIpc) is 2.75. The van der Waals surface area contributed by atoms with Gasteiger partial charge in [-0.2, -0.15) is 0 Å². The van der Waals surface area contributed by atoms with E-state index in [1.54, 1.807) is 24.3 Å². The summed E-state index contributed by atoms with van der Waals surface area (Å²) in [6.07, 6.45) is 2.14. The molecule has 2 rings (SSSR count). The van der Waals surface area contributed by atoms with Gasteiger partial charge in [-0.3, -0.25) is 4.79 Å². The van der Waals surface area contributed by atoms with Gasteiger partial charge in [-0.15, -0.1) is 0 Å². The zero-order valence-electron chi connectivity index (χ0n) is 9.31. The highest BCUT2D eigenvalue weighted by atomic mass is 16.5. The number of cyclic esters (lactones) is 1. The lowest BCUT2D eigenvalue weighted by molar-refractivity contribution is -0.139. The number of carbonyl (C=O) groups excluding carboxylic acids is 2. The van der Waals surface area contributed by atoms with Crippen LogP contribution in [0.4, 0.5) is 0 Å². The van der Waals surface area contributed by atoms with Crippen molar-refractivity contribution < 1.29 is 14.3 Å². The van der Waals surface area contributed by atoms with Crippen LogP contribution in [-0.4, -0.2) is 24.5 Å². The predicted octanol–water partition coefficient (Wildman–Crippen LogP) is 1.37. The highest BCUT2D eigenvalue weighted by molar-refractivity contribution is 5.99. The van der Waals surface area contributed by atoms with Crippen molar-refractivity contribution in [2.75, 3.05) is 6.61 Å². The van der Waals surface area contributed by atoms with Crippen LogP contribution in [0.1, 0.15) is 22.3 Å². The fourth-order valence-electron chi connectivity index (χ4n) is 1.74. The number of amides is 1. The van der Waals surface area contributed by atoms with E-state index in [-0.39, 0.29) is 11.9 Å². The van der Waals surface area contributed by atoms with Crippen LogP contribution >= 0.6 is 0 Å². The summed E-state index contributed by atoms with van der Waals surface area (Å²) in [5, 5.41) is 2.66. The summed E-state index contributed by atoms with van der Waals surface area (Å²) < 4.78 is 4.78. The van der Waals surface area contributed by atoms with Crippen molar-refractivity contribution in [2.24, 2.45) is 0 Å². The largest absolute Gasteiger partial charge is 0.464 e. The zero-order valence-corrected chi connectivity index (χ0v) is 9.31. The van der Waals surface area contributed by atoms with Gasteiger partial charge >= 0.3 is 5.97 Å². The number of carbonyl (C=O) groups is 2. The van der Waals surface area contributed by atoms with E-state index >= 15 is 0 Å². The molecule has 0 spiro atoms. The molecule has 0 saturated carbocycles. The Morgan fingerprint density at radius 2 is 2.24 bits per heavy atom. The van der Waals surface area contributed by atoms with Gasteiger partial charge in [-0.1, -0.05) is 30.9 Å².